The van der Waals surface area contributed by atoms with Gasteiger partial charge in [0.15, 0.2) is 0 Å². The highest BCUT2D eigenvalue weighted by Gasteiger charge is 2.29. The zero-order valence-electron chi connectivity index (χ0n) is 8.04. The third kappa shape index (κ3) is 3.52. The van der Waals surface area contributed by atoms with E-state index in [0.717, 1.165) is 0 Å². The van der Waals surface area contributed by atoms with E-state index >= 15 is 0 Å². The highest BCUT2D eigenvalue weighted by Crippen LogP contribution is 2.20. The molecule has 0 bridgehead atoms. The van der Waals surface area contributed by atoms with Crippen LogP contribution < -0.4 is 4.72 Å². The van der Waals surface area contributed by atoms with E-state index in [1.165, 1.54) is 11.3 Å². The van der Waals surface area contributed by atoms with Gasteiger partial charge in [-0.25, -0.2) is 13.1 Å². The van der Waals surface area contributed by atoms with E-state index in [9.17, 15) is 8.42 Å². The minimum Gasteiger partial charge on any atom is -0.206 e. The van der Waals surface area contributed by atoms with Crippen LogP contribution in [0.2, 0.25) is 0 Å². The Labute approximate surface area is 111 Å². The molecule has 1 heterocycles. The minimum absolute atomic E-state index is 0.343. The maximum absolute atomic E-state index is 11.9. The van der Waals surface area contributed by atoms with E-state index in [2.05, 4.69) is 36.6 Å². The number of thiophene rings is 1. The van der Waals surface area contributed by atoms with Gasteiger partial charge in [0.1, 0.15) is 4.21 Å². The molecule has 1 rings (SSSR count). The summed E-state index contributed by atoms with van der Waals surface area (Å²) in [5.41, 5.74) is -0.511. The van der Waals surface area contributed by atoms with Crippen LogP contribution >= 0.6 is 43.2 Å². The highest BCUT2D eigenvalue weighted by molar-refractivity contribution is 9.09. The molecule has 0 aliphatic carbocycles. The van der Waals surface area contributed by atoms with Crippen LogP contribution in [0, 0.1) is 0 Å². The molecule has 7 heteroatoms. The van der Waals surface area contributed by atoms with E-state index < -0.39 is 15.6 Å². The van der Waals surface area contributed by atoms with Crippen molar-refractivity contribution in [3.8, 4) is 0 Å². The van der Waals surface area contributed by atoms with Crippen LogP contribution in [0.25, 0.3) is 0 Å². The molecule has 0 aliphatic heterocycles. The lowest BCUT2D eigenvalue weighted by molar-refractivity contribution is 0.510. The average Bonchev–Trinajstić information content (AvgIpc) is 2.70. The molecule has 15 heavy (non-hydrogen) atoms. The van der Waals surface area contributed by atoms with Gasteiger partial charge in [0.2, 0.25) is 0 Å². The fourth-order valence-electron chi connectivity index (χ4n) is 0.881. The SMILES string of the molecule is CC(CBr)(CBr)NS(=O)(=O)c1cccs1. The molecule has 1 N–H and O–H groups in total. The maximum Gasteiger partial charge on any atom is 0.250 e. The standard InChI is InChI=1S/C8H11Br2NO2S2/c1-8(5-9,6-10)11-15(12,13)7-3-2-4-14-7/h2-4,11H,5-6H2,1H3. The van der Waals surface area contributed by atoms with Crippen LogP contribution in [0.4, 0.5) is 0 Å². The van der Waals surface area contributed by atoms with Gasteiger partial charge in [-0.3, -0.25) is 0 Å². The third-order valence-corrected chi connectivity index (χ3v) is 7.24. The van der Waals surface area contributed by atoms with Gasteiger partial charge < -0.3 is 0 Å². The monoisotopic (exact) mass is 375 g/mol. The molecule has 0 saturated carbocycles. The van der Waals surface area contributed by atoms with Crippen molar-refractivity contribution in [2.24, 2.45) is 0 Å². The summed E-state index contributed by atoms with van der Waals surface area (Å²) in [6.45, 7) is 1.83. The minimum atomic E-state index is -3.39. The van der Waals surface area contributed by atoms with E-state index in [0.29, 0.717) is 14.9 Å². The molecule has 3 nitrogen and oxygen atoms in total. The lowest BCUT2D eigenvalue weighted by atomic mass is 10.1. The fourth-order valence-corrected chi connectivity index (χ4v) is 4.86. The Morgan fingerprint density at radius 3 is 2.47 bits per heavy atom. The Morgan fingerprint density at radius 1 is 1.47 bits per heavy atom. The van der Waals surface area contributed by atoms with E-state index in [1.807, 2.05) is 6.92 Å². The van der Waals surface area contributed by atoms with E-state index in [-0.39, 0.29) is 0 Å². The summed E-state index contributed by atoms with van der Waals surface area (Å²) >= 11 is 7.80. The number of alkyl halides is 2. The second-order valence-electron chi connectivity index (χ2n) is 3.37. The van der Waals surface area contributed by atoms with Crippen LogP contribution in [0.1, 0.15) is 6.92 Å². The molecule has 0 atom stereocenters. The lowest BCUT2D eigenvalue weighted by Gasteiger charge is -2.25. The van der Waals surface area contributed by atoms with Gasteiger partial charge in [0.05, 0.1) is 0 Å². The van der Waals surface area contributed by atoms with Crippen LogP contribution in [-0.4, -0.2) is 24.6 Å². The van der Waals surface area contributed by atoms with Crippen molar-refractivity contribution in [1.82, 2.24) is 4.72 Å². The summed E-state index contributed by atoms with van der Waals surface area (Å²) in [7, 11) is -3.39. The smallest absolute Gasteiger partial charge is 0.206 e. The number of hydrogen-bond acceptors (Lipinski definition) is 3. The summed E-state index contributed by atoms with van der Waals surface area (Å²) in [5, 5.41) is 2.85. The first-order valence-electron chi connectivity index (χ1n) is 4.13. The van der Waals surface area contributed by atoms with E-state index in [1.54, 1.807) is 17.5 Å². The molecule has 0 radical (unpaired) electrons. The summed E-state index contributed by atoms with van der Waals surface area (Å²) in [4.78, 5) is 0. The van der Waals surface area contributed by atoms with Crippen molar-refractivity contribution in [3.05, 3.63) is 17.5 Å². The third-order valence-electron chi connectivity index (χ3n) is 1.73. The molecular weight excluding hydrogens is 366 g/mol. The summed E-state index contributed by atoms with van der Waals surface area (Å²) in [6.07, 6.45) is 0. The summed E-state index contributed by atoms with van der Waals surface area (Å²) < 4.78 is 26.8. The number of hydrogen-bond donors (Lipinski definition) is 1. The Bertz CT molecular complexity index is 398. The zero-order valence-corrected chi connectivity index (χ0v) is 12.8. The second kappa shape index (κ2) is 5.27. The predicted molar refractivity (Wildman–Crippen MR) is 70.6 cm³/mol. The fraction of sp³-hybridized carbons (Fsp3) is 0.500. The van der Waals surface area contributed by atoms with Gasteiger partial charge in [-0.15, -0.1) is 11.3 Å². The number of sulfonamides is 1. The first-order chi connectivity index (χ1) is 6.93. The zero-order chi connectivity index (χ0) is 11.5. The van der Waals surface area contributed by atoms with Gasteiger partial charge in [-0.05, 0) is 18.4 Å². The van der Waals surface area contributed by atoms with Crippen molar-refractivity contribution in [2.45, 2.75) is 16.7 Å². The molecule has 0 fully saturated rings. The molecule has 1 aromatic rings. The molecule has 0 aliphatic rings. The first kappa shape index (κ1) is 13.6. The van der Waals surface area contributed by atoms with Crippen LogP contribution in [-0.2, 0) is 10.0 Å². The molecule has 0 saturated heterocycles. The van der Waals surface area contributed by atoms with E-state index in [4.69, 9.17) is 0 Å². The molecule has 86 valence electrons. The van der Waals surface area contributed by atoms with Gasteiger partial charge in [0.25, 0.3) is 10.0 Å². The predicted octanol–water partition coefficient (Wildman–Crippen LogP) is 2.57. The first-order valence-corrected chi connectivity index (χ1v) is 8.73. The normalized spacial score (nSPS) is 13.0. The van der Waals surface area contributed by atoms with Crippen LogP contribution in [0.5, 0.6) is 0 Å². The van der Waals surface area contributed by atoms with Crippen molar-refractivity contribution in [1.29, 1.82) is 0 Å². The quantitative estimate of drug-likeness (QED) is 0.802. The summed E-state index contributed by atoms with van der Waals surface area (Å²) in [6, 6.07) is 3.31. The second-order valence-corrected chi connectivity index (χ2v) is 7.34. The van der Waals surface area contributed by atoms with Crippen molar-refractivity contribution in [3.63, 3.8) is 0 Å². The Kier molecular flexibility index (Phi) is 4.79. The number of halogens is 2. The molecule has 1 aromatic heterocycles. The van der Waals surface area contributed by atoms with Gasteiger partial charge in [-0.1, -0.05) is 37.9 Å². The average molecular weight is 377 g/mol. The molecule has 0 spiro atoms. The van der Waals surface area contributed by atoms with Crippen LogP contribution in [0.3, 0.4) is 0 Å². The molecule has 0 amide bonds. The largest absolute Gasteiger partial charge is 0.250 e. The van der Waals surface area contributed by atoms with Crippen LogP contribution in [0.15, 0.2) is 21.7 Å². The van der Waals surface area contributed by atoms with Gasteiger partial charge >= 0.3 is 0 Å². The number of nitrogens with one attached hydrogen (secondary N) is 1. The molecule has 0 aromatic carbocycles. The Hall–Kier alpha value is 0.570. The Morgan fingerprint density at radius 2 is 2.07 bits per heavy atom. The Balaban J connectivity index is 2.91. The van der Waals surface area contributed by atoms with Crippen molar-refractivity contribution < 1.29 is 8.42 Å². The molecular formula is C8H11Br2NO2S2. The molecule has 0 unspecified atom stereocenters. The lowest BCUT2D eigenvalue weighted by Crippen LogP contribution is -2.48. The maximum atomic E-state index is 11.9. The topological polar surface area (TPSA) is 46.2 Å². The van der Waals surface area contributed by atoms with Crippen molar-refractivity contribution in [2.75, 3.05) is 10.7 Å². The van der Waals surface area contributed by atoms with Gasteiger partial charge in [0, 0.05) is 16.2 Å². The summed E-state index contributed by atoms with van der Waals surface area (Å²) in [5.74, 6) is 0. The highest BCUT2D eigenvalue weighted by atomic mass is 79.9. The van der Waals surface area contributed by atoms with Crippen molar-refractivity contribution >= 4 is 53.2 Å². The number of rotatable bonds is 5. The van der Waals surface area contributed by atoms with Gasteiger partial charge in [-0.2, -0.15) is 0 Å².